The van der Waals surface area contributed by atoms with Gasteiger partial charge in [0.15, 0.2) is 0 Å². The Labute approximate surface area is 70.7 Å². The van der Waals surface area contributed by atoms with Crippen LogP contribution in [0.25, 0.3) is 0 Å². The van der Waals surface area contributed by atoms with Crippen molar-refractivity contribution in [2.24, 2.45) is 0 Å². The van der Waals surface area contributed by atoms with Crippen LogP contribution in [-0.4, -0.2) is 51.3 Å². The third-order valence-corrected chi connectivity index (χ3v) is 0. The molecule has 0 aromatic carbocycles. The minimum atomic E-state index is 0. The van der Waals surface area contributed by atoms with Crippen molar-refractivity contribution < 1.29 is 46.9 Å². The van der Waals surface area contributed by atoms with E-state index in [1.165, 1.54) is 0 Å². The van der Waals surface area contributed by atoms with Crippen LogP contribution in [0, 0.1) is 0 Å². The molecule has 0 amide bonds. The van der Waals surface area contributed by atoms with Crippen LogP contribution in [-0.2, 0) is 19.5 Å². The molecule has 0 saturated carbocycles. The molecule has 0 aliphatic carbocycles. The summed E-state index contributed by atoms with van der Waals surface area (Å²) in [7, 11) is 0. The molecule has 0 bridgehead atoms. The molecular formula is H10O5SnZn. The van der Waals surface area contributed by atoms with Crippen molar-refractivity contribution in [1.29, 1.82) is 0 Å². The number of hydrogen-bond donors (Lipinski definition) is 0. The molecule has 0 aromatic heterocycles. The van der Waals surface area contributed by atoms with Crippen molar-refractivity contribution in [3.63, 3.8) is 0 Å². The van der Waals surface area contributed by atoms with Crippen molar-refractivity contribution in [1.82, 2.24) is 0 Å². The maximum absolute atomic E-state index is 0. The fraction of sp³-hybridized carbons (Fsp3) is 0. The smallest absolute Gasteiger partial charge is 0 e. The van der Waals surface area contributed by atoms with E-state index < -0.39 is 0 Å². The molecule has 0 rings (SSSR count). The second kappa shape index (κ2) is 187. The molecule has 0 aliphatic rings. The summed E-state index contributed by atoms with van der Waals surface area (Å²) < 4.78 is 0. The average Bonchev–Trinajstić information content (AvgIpc) is 0. The zero-order chi connectivity index (χ0) is 0. The van der Waals surface area contributed by atoms with E-state index in [-0.39, 0.29) is 70.8 Å². The summed E-state index contributed by atoms with van der Waals surface area (Å²) in [5.74, 6) is 0. The predicted octanol–water partition coefficient (Wildman–Crippen LogP) is -4.51. The Morgan fingerprint density at radius 2 is 0.429 bits per heavy atom. The third-order valence-electron chi connectivity index (χ3n) is 0. The van der Waals surface area contributed by atoms with Gasteiger partial charge < -0.3 is 27.4 Å². The van der Waals surface area contributed by atoms with Crippen LogP contribution in [0.15, 0.2) is 0 Å². The van der Waals surface area contributed by atoms with Crippen LogP contribution in [0.2, 0.25) is 0 Å². The fourth-order valence-electron chi connectivity index (χ4n) is 0. The summed E-state index contributed by atoms with van der Waals surface area (Å²) in [6, 6.07) is 0. The Morgan fingerprint density at radius 1 is 0.429 bits per heavy atom. The van der Waals surface area contributed by atoms with Gasteiger partial charge in [0.05, 0.1) is 0 Å². The third kappa shape index (κ3) is 132. The Bertz CT molecular complexity index is 8.04. The van der Waals surface area contributed by atoms with E-state index in [0.717, 1.165) is 0 Å². The van der Waals surface area contributed by atoms with Crippen LogP contribution in [0.1, 0.15) is 0 Å². The standard InChI is InChI=1S/5H2O.Sn.Zn/h5*1H2;;. The van der Waals surface area contributed by atoms with Gasteiger partial charge in [-0.1, -0.05) is 0 Å². The Kier molecular flexibility index (Phi) is 7680. The van der Waals surface area contributed by atoms with Gasteiger partial charge in [-0.3, -0.25) is 0 Å². The molecule has 7 heavy (non-hydrogen) atoms. The van der Waals surface area contributed by atoms with E-state index >= 15 is 0 Å². The van der Waals surface area contributed by atoms with Crippen LogP contribution in [0.5, 0.6) is 0 Å². The molecule has 10 N–H and O–H groups in total. The zero-order valence-electron chi connectivity index (χ0n) is 3.71. The van der Waals surface area contributed by atoms with Gasteiger partial charge in [-0.2, -0.15) is 0 Å². The molecule has 0 saturated heterocycles. The van der Waals surface area contributed by atoms with Crippen LogP contribution in [0.3, 0.4) is 0 Å². The first kappa shape index (κ1) is 287. The molecule has 7 heteroatoms. The topological polar surface area (TPSA) is 158 Å². The minimum absolute atomic E-state index is 0. The molecule has 0 spiro atoms. The summed E-state index contributed by atoms with van der Waals surface area (Å²) >= 11 is 0. The van der Waals surface area contributed by atoms with Crippen molar-refractivity contribution >= 4 is 23.9 Å². The molecule has 4 radical (unpaired) electrons. The SMILES string of the molecule is O.O.O.O.O.[Sn].[Zn]. The van der Waals surface area contributed by atoms with Crippen LogP contribution >= 0.6 is 0 Å². The van der Waals surface area contributed by atoms with E-state index in [0.29, 0.717) is 0 Å². The van der Waals surface area contributed by atoms with E-state index in [1.54, 1.807) is 0 Å². The monoisotopic (exact) mass is 274 g/mol. The van der Waals surface area contributed by atoms with E-state index in [4.69, 9.17) is 0 Å². The largest absolute Gasteiger partial charge is 0.412 e. The van der Waals surface area contributed by atoms with Crippen molar-refractivity contribution in [2.75, 3.05) is 0 Å². The molecule has 0 unspecified atom stereocenters. The molecule has 0 heterocycles. The van der Waals surface area contributed by atoms with Gasteiger partial charge in [-0.05, 0) is 0 Å². The summed E-state index contributed by atoms with van der Waals surface area (Å²) in [6.45, 7) is 0. The fourth-order valence-corrected chi connectivity index (χ4v) is 0. The number of rotatable bonds is 0. The first-order valence-corrected chi connectivity index (χ1v) is 0. The summed E-state index contributed by atoms with van der Waals surface area (Å²) in [4.78, 5) is 0. The van der Waals surface area contributed by atoms with Gasteiger partial charge in [0.1, 0.15) is 0 Å². The van der Waals surface area contributed by atoms with Crippen molar-refractivity contribution in [3.8, 4) is 0 Å². The Hall–Kier alpha value is 1.22. The van der Waals surface area contributed by atoms with Gasteiger partial charge in [0.2, 0.25) is 0 Å². The van der Waals surface area contributed by atoms with E-state index in [2.05, 4.69) is 0 Å². The molecule has 5 nitrogen and oxygen atoms in total. The normalized spacial score (nSPS) is 0. The molecule has 0 aromatic rings. The summed E-state index contributed by atoms with van der Waals surface area (Å²) in [6.07, 6.45) is 0. The first-order chi connectivity index (χ1) is 0. The van der Waals surface area contributed by atoms with Crippen LogP contribution < -0.4 is 0 Å². The predicted molar refractivity (Wildman–Crippen MR) is 23.8 cm³/mol. The van der Waals surface area contributed by atoms with Gasteiger partial charge in [0, 0.05) is 43.4 Å². The maximum atomic E-state index is 0. The minimum Gasteiger partial charge on any atom is -0.412 e. The quantitative estimate of drug-likeness (QED) is 0.390. The summed E-state index contributed by atoms with van der Waals surface area (Å²) in [5.41, 5.74) is 0. The molecule has 0 atom stereocenters. The molecular weight excluding hydrogens is 264 g/mol. The summed E-state index contributed by atoms with van der Waals surface area (Å²) in [5, 5.41) is 0. The van der Waals surface area contributed by atoms with Crippen molar-refractivity contribution in [2.45, 2.75) is 0 Å². The second-order valence-electron chi connectivity index (χ2n) is 0. The zero-order valence-corrected chi connectivity index (χ0v) is 9.53. The van der Waals surface area contributed by atoms with E-state index in [1.807, 2.05) is 0 Å². The molecule has 46 valence electrons. The van der Waals surface area contributed by atoms with Crippen LogP contribution in [0.4, 0.5) is 0 Å². The number of hydrogen-bond acceptors (Lipinski definition) is 0. The van der Waals surface area contributed by atoms with Gasteiger partial charge in [-0.15, -0.1) is 0 Å². The first-order valence-electron chi connectivity index (χ1n) is 0. The second-order valence-corrected chi connectivity index (χ2v) is 0. The van der Waals surface area contributed by atoms with Crippen molar-refractivity contribution in [3.05, 3.63) is 0 Å². The molecule has 0 aliphatic heterocycles. The maximum Gasteiger partial charge on any atom is 0 e. The van der Waals surface area contributed by atoms with E-state index in [9.17, 15) is 0 Å². The van der Waals surface area contributed by atoms with Gasteiger partial charge in [0.25, 0.3) is 0 Å². The molecule has 0 fully saturated rings. The average molecular weight is 274 g/mol. The Balaban J connectivity index is 0. The van der Waals surface area contributed by atoms with Gasteiger partial charge >= 0.3 is 0 Å². The Morgan fingerprint density at radius 3 is 0.429 bits per heavy atom. The van der Waals surface area contributed by atoms with Gasteiger partial charge in [-0.25, -0.2) is 0 Å².